The van der Waals surface area contributed by atoms with Crippen molar-refractivity contribution in [3.05, 3.63) is 0 Å². The summed E-state index contributed by atoms with van der Waals surface area (Å²) >= 11 is 0. The maximum absolute atomic E-state index is 11.7. The standard InChI is InChI=1S/C11H22N2O2.C2H2O4/c1-11(2,3)15-10(14)13-7-4-5-9(12)6-8-13;3-1(4)2(5)6/h9H,4-8,12H2,1-3H3;(H,3,4)(H,5,6). The highest BCUT2D eigenvalue weighted by atomic mass is 16.6. The monoisotopic (exact) mass is 304 g/mol. The fourth-order valence-corrected chi connectivity index (χ4v) is 1.63. The number of carboxylic acid groups (broad SMARTS) is 2. The summed E-state index contributed by atoms with van der Waals surface area (Å²) in [5.41, 5.74) is 5.43. The van der Waals surface area contributed by atoms with Crippen LogP contribution in [0.15, 0.2) is 0 Å². The van der Waals surface area contributed by atoms with E-state index < -0.39 is 17.5 Å². The van der Waals surface area contributed by atoms with Gasteiger partial charge in [-0.1, -0.05) is 0 Å². The molecule has 0 aliphatic carbocycles. The molecule has 4 N–H and O–H groups in total. The fraction of sp³-hybridized carbons (Fsp3) is 0.769. The molecular formula is C13H24N2O6. The number of hydrogen-bond acceptors (Lipinski definition) is 5. The van der Waals surface area contributed by atoms with Crippen molar-refractivity contribution < 1.29 is 29.3 Å². The Morgan fingerprint density at radius 1 is 1.10 bits per heavy atom. The third kappa shape index (κ3) is 9.67. The summed E-state index contributed by atoms with van der Waals surface area (Å²) in [5, 5.41) is 14.8. The molecule has 21 heavy (non-hydrogen) atoms. The van der Waals surface area contributed by atoms with Gasteiger partial charge >= 0.3 is 18.0 Å². The maximum Gasteiger partial charge on any atom is 0.414 e. The molecule has 1 aliphatic heterocycles. The largest absolute Gasteiger partial charge is 0.473 e. The molecule has 1 aliphatic rings. The van der Waals surface area contributed by atoms with E-state index in [0.717, 1.165) is 32.4 Å². The van der Waals surface area contributed by atoms with Crippen LogP contribution in [-0.2, 0) is 14.3 Å². The summed E-state index contributed by atoms with van der Waals surface area (Å²) in [5.74, 6) is -3.65. The molecule has 0 aromatic rings. The number of amides is 1. The van der Waals surface area contributed by atoms with Gasteiger partial charge in [0, 0.05) is 19.1 Å². The predicted octanol–water partition coefficient (Wildman–Crippen LogP) is 0.890. The van der Waals surface area contributed by atoms with Crippen molar-refractivity contribution in [3.8, 4) is 0 Å². The minimum Gasteiger partial charge on any atom is -0.473 e. The van der Waals surface area contributed by atoms with Crippen LogP contribution in [0, 0.1) is 0 Å². The van der Waals surface area contributed by atoms with Gasteiger partial charge in [0.2, 0.25) is 0 Å². The number of rotatable bonds is 0. The molecule has 0 aromatic carbocycles. The molecule has 0 bridgehead atoms. The Hall–Kier alpha value is -1.83. The van der Waals surface area contributed by atoms with Crippen molar-refractivity contribution in [1.29, 1.82) is 0 Å². The Morgan fingerprint density at radius 2 is 1.62 bits per heavy atom. The second-order valence-electron chi connectivity index (χ2n) is 5.77. The van der Waals surface area contributed by atoms with Crippen LogP contribution < -0.4 is 5.73 Å². The Labute approximate surface area is 123 Å². The van der Waals surface area contributed by atoms with Crippen molar-refractivity contribution >= 4 is 18.0 Å². The Bertz CT molecular complexity index is 365. The molecule has 122 valence electrons. The van der Waals surface area contributed by atoms with Crippen molar-refractivity contribution in [1.82, 2.24) is 4.90 Å². The summed E-state index contributed by atoms with van der Waals surface area (Å²) in [4.78, 5) is 31.7. The second kappa shape index (κ2) is 8.46. The average molecular weight is 304 g/mol. The molecule has 1 rings (SSSR count). The lowest BCUT2D eigenvalue weighted by Crippen LogP contribution is -2.37. The zero-order valence-corrected chi connectivity index (χ0v) is 12.7. The van der Waals surface area contributed by atoms with Crippen LogP contribution in [-0.4, -0.2) is 57.9 Å². The Kier molecular flexibility index (Phi) is 7.72. The number of hydrogen-bond donors (Lipinski definition) is 3. The van der Waals surface area contributed by atoms with E-state index in [1.807, 2.05) is 20.8 Å². The molecule has 1 saturated heterocycles. The highest BCUT2D eigenvalue weighted by Gasteiger charge is 2.23. The minimum absolute atomic E-state index is 0.211. The van der Waals surface area contributed by atoms with Gasteiger partial charge in [-0.25, -0.2) is 14.4 Å². The maximum atomic E-state index is 11.7. The average Bonchev–Trinajstić information content (AvgIpc) is 2.52. The molecule has 1 heterocycles. The number of ether oxygens (including phenoxy) is 1. The normalized spacial score (nSPS) is 18.9. The summed E-state index contributed by atoms with van der Waals surface area (Å²) in [6, 6.07) is 0.234. The molecule has 0 saturated carbocycles. The van der Waals surface area contributed by atoms with Gasteiger partial charge < -0.3 is 25.6 Å². The first kappa shape index (κ1) is 19.2. The summed E-state index contributed by atoms with van der Waals surface area (Å²) in [6.07, 6.45) is 2.63. The molecule has 1 unspecified atom stereocenters. The first-order valence-electron chi connectivity index (χ1n) is 6.72. The third-order valence-corrected chi connectivity index (χ3v) is 2.61. The van der Waals surface area contributed by atoms with E-state index in [-0.39, 0.29) is 12.1 Å². The van der Waals surface area contributed by atoms with E-state index in [1.165, 1.54) is 0 Å². The van der Waals surface area contributed by atoms with Crippen molar-refractivity contribution in [2.45, 2.75) is 51.7 Å². The topological polar surface area (TPSA) is 130 Å². The van der Waals surface area contributed by atoms with Gasteiger partial charge in [0.1, 0.15) is 5.60 Å². The quantitative estimate of drug-likeness (QED) is 0.566. The molecular weight excluding hydrogens is 280 g/mol. The van der Waals surface area contributed by atoms with E-state index >= 15 is 0 Å². The molecule has 1 fully saturated rings. The zero-order valence-electron chi connectivity index (χ0n) is 12.7. The SMILES string of the molecule is CC(C)(C)OC(=O)N1CCCC(N)CC1.O=C(O)C(=O)O. The third-order valence-electron chi connectivity index (χ3n) is 2.61. The van der Waals surface area contributed by atoms with Gasteiger partial charge in [0.15, 0.2) is 0 Å². The molecule has 0 spiro atoms. The number of carboxylic acids is 2. The van der Waals surface area contributed by atoms with Gasteiger partial charge in [-0.15, -0.1) is 0 Å². The first-order chi connectivity index (χ1) is 9.53. The van der Waals surface area contributed by atoms with Crippen LogP contribution in [0.3, 0.4) is 0 Å². The lowest BCUT2D eigenvalue weighted by molar-refractivity contribution is -0.159. The van der Waals surface area contributed by atoms with Crippen molar-refractivity contribution in [2.24, 2.45) is 5.73 Å². The Morgan fingerprint density at radius 3 is 2.05 bits per heavy atom. The lowest BCUT2D eigenvalue weighted by atomic mass is 10.1. The fourth-order valence-electron chi connectivity index (χ4n) is 1.63. The molecule has 0 aromatic heterocycles. The highest BCUT2D eigenvalue weighted by Crippen LogP contribution is 2.14. The van der Waals surface area contributed by atoms with Gasteiger partial charge in [0.25, 0.3) is 0 Å². The van der Waals surface area contributed by atoms with Crippen LogP contribution in [0.2, 0.25) is 0 Å². The van der Waals surface area contributed by atoms with E-state index in [1.54, 1.807) is 4.90 Å². The lowest BCUT2D eigenvalue weighted by Gasteiger charge is -2.26. The van der Waals surface area contributed by atoms with Crippen LogP contribution >= 0.6 is 0 Å². The number of carbonyl (C=O) groups is 3. The van der Waals surface area contributed by atoms with Crippen LogP contribution in [0.5, 0.6) is 0 Å². The van der Waals surface area contributed by atoms with Crippen molar-refractivity contribution in [3.63, 3.8) is 0 Å². The first-order valence-corrected chi connectivity index (χ1v) is 6.72. The number of carbonyl (C=O) groups excluding carboxylic acids is 1. The van der Waals surface area contributed by atoms with E-state index in [0.29, 0.717) is 0 Å². The molecule has 1 amide bonds. The van der Waals surface area contributed by atoms with Gasteiger partial charge in [-0.2, -0.15) is 0 Å². The summed E-state index contributed by atoms with van der Waals surface area (Å²) in [6.45, 7) is 7.13. The summed E-state index contributed by atoms with van der Waals surface area (Å²) < 4.78 is 5.31. The zero-order chi connectivity index (χ0) is 16.6. The number of likely N-dealkylation sites (tertiary alicyclic amines) is 1. The van der Waals surface area contributed by atoms with Crippen molar-refractivity contribution in [2.75, 3.05) is 13.1 Å². The number of nitrogens with two attached hydrogens (primary N) is 1. The number of nitrogens with zero attached hydrogens (tertiary/aromatic N) is 1. The highest BCUT2D eigenvalue weighted by molar-refractivity contribution is 6.27. The molecule has 0 radical (unpaired) electrons. The van der Waals surface area contributed by atoms with Gasteiger partial charge in [-0.3, -0.25) is 0 Å². The van der Waals surface area contributed by atoms with Crippen LogP contribution in [0.1, 0.15) is 40.0 Å². The molecule has 8 nitrogen and oxygen atoms in total. The molecule has 8 heteroatoms. The van der Waals surface area contributed by atoms with E-state index in [2.05, 4.69) is 0 Å². The van der Waals surface area contributed by atoms with E-state index in [4.69, 9.17) is 30.3 Å². The number of aliphatic carboxylic acids is 2. The summed E-state index contributed by atoms with van der Waals surface area (Å²) in [7, 11) is 0. The van der Waals surface area contributed by atoms with Gasteiger partial charge in [-0.05, 0) is 40.0 Å². The smallest absolute Gasteiger partial charge is 0.414 e. The van der Waals surface area contributed by atoms with Crippen LogP contribution in [0.4, 0.5) is 4.79 Å². The predicted molar refractivity (Wildman–Crippen MR) is 74.9 cm³/mol. The minimum atomic E-state index is -1.82. The van der Waals surface area contributed by atoms with Gasteiger partial charge in [0.05, 0.1) is 0 Å². The van der Waals surface area contributed by atoms with E-state index in [9.17, 15) is 4.79 Å². The Balaban J connectivity index is 0.000000567. The second-order valence-corrected chi connectivity index (χ2v) is 5.77. The molecule has 1 atom stereocenters. The van der Waals surface area contributed by atoms with Crippen LogP contribution in [0.25, 0.3) is 0 Å².